The van der Waals surface area contributed by atoms with E-state index in [4.69, 9.17) is 9.97 Å². The van der Waals surface area contributed by atoms with Gasteiger partial charge < -0.3 is 15.5 Å². The minimum Gasteiger partial charge on any atom is -0.364 e. The summed E-state index contributed by atoms with van der Waals surface area (Å²) in [7, 11) is 2.16. The van der Waals surface area contributed by atoms with E-state index < -0.39 is 0 Å². The van der Waals surface area contributed by atoms with E-state index in [9.17, 15) is 0 Å². The van der Waals surface area contributed by atoms with Gasteiger partial charge in [-0.25, -0.2) is 9.97 Å². The Hall–Kier alpha value is -1.88. The number of rotatable bonds is 4. The number of para-hydroxylation sites is 2. The molecule has 2 aromatic rings. The number of aromatic nitrogens is 2. The molecule has 116 valence electrons. The minimum atomic E-state index is 0.538. The molecule has 0 radical (unpaired) electrons. The van der Waals surface area contributed by atoms with Crippen LogP contribution in [0.4, 0.5) is 11.6 Å². The van der Waals surface area contributed by atoms with Gasteiger partial charge in [0.25, 0.3) is 0 Å². The van der Waals surface area contributed by atoms with Gasteiger partial charge >= 0.3 is 0 Å². The van der Waals surface area contributed by atoms with Gasteiger partial charge in [-0.05, 0) is 50.9 Å². The number of hydrogen-bond donors (Lipinski definition) is 2. The Bertz CT molecular complexity index is 661. The highest BCUT2D eigenvalue weighted by Gasteiger charge is 2.26. The third kappa shape index (κ3) is 2.73. The van der Waals surface area contributed by atoms with Crippen LogP contribution in [0.2, 0.25) is 0 Å². The third-order valence-electron chi connectivity index (χ3n) is 4.66. The van der Waals surface area contributed by atoms with Crippen molar-refractivity contribution < 1.29 is 0 Å². The van der Waals surface area contributed by atoms with Crippen LogP contribution in [0, 0.1) is 0 Å². The van der Waals surface area contributed by atoms with E-state index in [0.29, 0.717) is 12.1 Å². The number of nitrogens with one attached hydrogen (secondary N) is 2. The van der Waals surface area contributed by atoms with Crippen molar-refractivity contribution in [3.05, 3.63) is 24.3 Å². The van der Waals surface area contributed by atoms with E-state index in [1.54, 1.807) is 0 Å². The SMILES string of the molecule is CN(c1nc2ccccc2nc1NC1CC1)C1CCNCC1. The fraction of sp³-hybridized carbons (Fsp3) is 0.529. The number of fused-ring (bicyclic) bond motifs is 1. The molecular weight excluding hydrogens is 274 g/mol. The standard InChI is InChI=1S/C17H23N5/c1-22(13-8-10-18-11-9-13)17-16(19-12-6-7-12)20-14-4-2-3-5-15(14)21-17/h2-5,12-13,18H,6-11H2,1H3,(H,19,20). The zero-order valence-corrected chi connectivity index (χ0v) is 13.0. The number of piperidine rings is 1. The molecule has 2 N–H and O–H groups in total. The van der Waals surface area contributed by atoms with E-state index in [1.807, 2.05) is 24.3 Å². The summed E-state index contributed by atoms with van der Waals surface area (Å²) in [6.07, 6.45) is 4.80. The quantitative estimate of drug-likeness (QED) is 0.907. The van der Waals surface area contributed by atoms with E-state index in [1.165, 1.54) is 12.8 Å². The molecule has 2 heterocycles. The lowest BCUT2D eigenvalue weighted by molar-refractivity contribution is 0.442. The molecule has 0 bridgehead atoms. The topological polar surface area (TPSA) is 53.1 Å². The summed E-state index contributed by atoms with van der Waals surface area (Å²) in [4.78, 5) is 12.1. The molecule has 0 atom stereocenters. The summed E-state index contributed by atoms with van der Waals surface area (Å²) in [5, 5.41) is 6.99. The first-order valence-corrected chi connectivity index (χ1v) is 8.28. The van der Waals surface area contributed by atoms with Crippen LogP contribution in [-0.2, 0) is 0 Å². The van der Waals surface area contributed by atoms with Gasteiger partial charge in [0.2, 0.25) is 0 Å². The van der Waals surface area contributed by atoms with Crippen molar-refractivity contribution >= 4 is 22.7 Å². The Labute approximate surface area is 131 Å². The highest BCUT2D eigenvalue weighted by atomic mass is 15.2. The van der Waals surface area contributed by atoms with Crippen molar-refractivity contribution in [1.29, 1.82) is 0 Å². The molecule has 1 saturated heterocycles. The van der Waals surface area contributed by atoms with Crippen LogP contribution >= 0.6 is 0 Å². The Morgan fingerprint density at radius 2 is 1.73 bits per heavy atom. The van der Waals surface area contributed by atoms with Gasteiger partial charge in [-0.2, -0.15) is 0 Å². The molecule has 2 aliphatic rings. The van der Waals surface area contributed by atoms with Crippen LogP contribution < -0.4 is 15.5 Å². The highest BCUT2D eigenvalue weighted by Crippen LogP contribution is 2.31. The predicted octanol–water partition coefficient (Wildman–Crippen LogP) is 2.39. The zero-order valence-electron chi connectivity index (χ0n) is 13.0. The molecule has 5 nitrogen and oxygen atoms in total. The third-order valence-corrected chi connectivity index (χ3v) is 4.66. The summed E-state index contributed by atoms with van der Waals surface area (Å²) < 4.78 is 0. The molecule has 0 amide bonds. The van der Waals surface area contributed by atoms with Gasteiger partial charge in [-0.3, -0.25) is 0 Å². The average molecular weight is 297 g/mol. The summed E-state index contributed by atoms with van der Waals surface area (Å²) >= 11 is 0. The number of hydrogen-bond acceptors (Lipinski definition) is 5. The van der Waals surface area contributed by atoms with Gasteiger partial charge in [-0.1, -0.05) is 12.1 Å². The minimum absolute atomic E-state index is 0.538. The second-order valence-corrected chi connectivity index (χ2v) is 6.40. The summed E-state index contributed by atoms with van der Waals surface area (Å²) in [6.45, 7) is 2.17. The van der Waals surface area contributed by atoms with Crippen molar-refractivity contribution in [3.63, 3.8) is 0 Å². The molecule has 1 aliphatic heterocycles. The molecule has 1 aliphatic carbocycles. The number of nitrogens with zero attached hydrogens (tertiary/aromatic N) is 3. The maximum absolute atomic E-state index is 4.91. The monoisotopic (exact) mass is 297 g/mol. The maximum atomic E-state index is 4.91. The average Bonchev–Trinajstić information content (AvgIpc) is 3.38. The van der Waals surface area contributed by atoms with Crippen LogP contribution in [0.25, 0.3) is 11.0 Å². The normalized spacial score (nSPS) is 19.3. The summed E-state index contributed by atoms with van der Waals surface area (Å²) in [6, 6.07) is 9.25. The molecular formula is C17H23N5. The molecule has 1 aromatic carbocycles. The van der Waals surface area contributed by atoms with Crippen molar-refractivity contribution in [2.24, 2.45) is 0 Å². The first-order chi connectivity index (χ1) is 10.8. The Morgan fingerprint density at radius 3 is 2.41 bits per heavy atom. The second kappa shape index (κ2) is 5.72. The summed E-state index contributed by atoms with van der Waals surface area (Å²) in [5.41, 5.74) is 1.94. The lowest BCUT2D eigenvalue weighted by Crippen LogP contribution is -2.41. The molecule has 5 heteroatoms. The van der Waals surface area contributed by atoms with Crippen molar-refractivity contribution in [3.8, 4) is 0 Å². The molecule has 2 fully saturated rings. The van der Waals surface area contributed by atoms with Gasteiger partial charge in [0.15, 0.2) is 11.6 Å². The van der Waals surface area contributed by atoms with Crippen molar-refractivity contribution in [2.75, 3.05) is 30.4 Å². The van der Waals surface area contributed by atoms with Gasteiger partial charge in [0.05, 0.1) is 11.0 Å². The van der Waals surface area contributed by atoms with Crippen LogP contribution in [0.15, 0.2) is 24.3 Å². The Morgan fingerprint density at radius 1 is 1.05 bits per heavy atom. The molecule has 0 spiro atoms. The second-order valence-electron chi connectivity index (χ2n) is 6.40. The zero-order chi connectivity index (χ0) is 14.9. The van der Waals surface area contributed by atoms with Crippen molar-refractivity contribution in [2.45, 2.75) is 37.8 Å². The lowest BCUT2D eigenvalue weighted by Gasteiger charge is -2.33. The number of anilines is 2. The Balaban J connectivity index is 1.72. The number of benzene rings is 1. The fourth-order valence-electron chi connectivity index (χ4n) is 3.12. The van der Waals surface area contributed by atoms with E-state index >= 15 is 0 Å². The van der Waals surface area contributed by atoms with Gasteiger partial charge in [0.1, 0.15) is 0 Å². The summed E-state index contributed by atoms with van der Waals surface area (Å²) in [5.74, 6) is 1.94. The van der Waals surface area contributed by atoms with Gasteiger partial charge in [-0.15, -0.1) is 0 Å². The Kier molecular flexibility index (Phi) is 3.58. The van der Waals surface area contributed by atoms with E-state index in [-0.39, 0.29) is 0 Å². The molecule has 22 heavy (non-hydrogen) atoms. The van der Waals surface area contributed by atoms with Gasteiger partial charge in [0, 0.05) is 19.1 Å². The van der Waals surface area contributed by atoms with Crippen LogP contribution in [0.5, 0.6) is 0 Å². The first-order valence-electron chi connectivity index (χ1n) is 8.28. The first kappa shape index (κ1) is 13.8. The maximum Gasteiger partial charge on any atom is 0.172 e. The van der Waals surface area contributed by atoms with Crippen LogP contribution in [0.1, 0.15) is 25.7 Å². The van der Waals surface area contributed by atoms with Crippen LogP contribution in [-0.4, -0.2) is 42.2 Å². The largest absolute Gasteiger partial charge is 0.364 e. The van der Waals surface area contributed by atoms with Crippen LogP contribution in [0.3, 0.4) is 0 Å². The van der Waals surface area contributed by atoms with E-state index in [2.05, 4.69) is 22.6 Å². The molecule has 1 saturated carbocycles. The molecule has 0 unspecified atom stereocenters. The molecule has 1 aromatic heterocycles. The fourth-order valence-corrected chi connectivity index (χ4v) is 3.12. The van der Waals surface area contributed by atoms with Crippen molar-refractivity contribution in [1.82, 2.24) is 15.3 Å². The van der Waals surface area contributed by atoms with E-state index in [0.717, 1.165) is 48.6 Å². The lowest BCUT2D eigenvalue weighted by atomic mass is 10.1. The predicted molar refractivity (Wildman–Crippen MR) is 90.5 cm³/mol. The highest BCUT2D eigenvalue weighted by molar-refractivity contribution is 5.80. The molecule has 4 rings (SSSR count). The smallest absolute Gasteiger partial charge is 0.172 e.